The molecular weight excluding hydrogens is 338 g/mol. The Morgan fingerprint density at radius 2 is 1.48 bits per heavy atom. The molecule has 1 aliphatic heterocycles. The zero-order chi connectivity index (χ0) is 18.5. The second kappa shape index (κ2) is 7.86. The van der Waals surface area contributed by atoms with Gasteiger partial charge in [0.25, 0.3) is 0 Å². The summed E-state index contributed by atoms with van der Waals surface area (Å²) in [4.78, 5) is 16.4. The van der Waals surface area contributed by atoms with Crippen molar-refractivity contribution in [3.05, 3.63) is 78.6 Å². The smallest absolute Gasteiger partial charge is 0.246 e. The Morgan fingerprint density at radius 1 is 0.815 bits per heavy atom. The van der Waals surface area contributed by atoms with E-state index in [1.165, 1.54) is 0 Å². The summed E-state index contributed by atoms with van der Waals surface area (Å²) < 4.78 is 1.92. The molecular formula is C21H21N5O. The van der Waals surface area contributed by atoms with Gasteiger partial charge in [0, 0.05) is 44.6 Å². The van der Waals surface area contributed by atoms with Crippen molar-refractivity contribution in [2.75, 3.05) is 31.1 Å². The van der Waals surface area contributed by atoms with Crippen LogP contribution in [-0.2, 0) is 4.79 Å². The molecule has 0 N–H and O–H groups in total. The Balaban J connectivity index is 1.33. The third-order valence-electron chi connectivity index (χ3n) is 4.64. The summed E-state index contributed by atoms with van der Waals surface area (Å²) in [5.74, 6) is 1.69. The van der Waals surface area contributed by atoms with Crippen molar-refractivity contribution in [1.82, 2.24) is 19.7 Å². The van der Waals surface area contributed by atoms with E-state index in [0.717, 1.165) is 30.3 Å². The van der Waals surface area contributed by atoms with Crippen LogP contribution in [0.15, 0.2) is 73.1 Å². The number of hydrogen-bond donors (Lipinski definition) is 0. The minimum Gasteiger partial charge on any atom is -0.352 e. The maximum atomic E-state index is 12.4. The normalized spacial score (nSPS) is 14.7. The molecule has 1 fully saturated rings. The third-order valence-corrected chi connectivity index (χ3v) is 4.64. The van der Waals surface area contributed by atoms with Crippen LogP contribution in [0.5, 0.6) is 0 Å². The van der Waals surface area contributed by atoms with E-state index in [9.17, 15) is 4.79 Å². The molecule has 136 valence electrons. The highest BCUT2D eigenvalue weighted by Crippen LogP contribution is 2.15. The van der Waals surface area contributed by atoms with Gasteiger partial charge in [-0.1, -0.05) is 30.3 Å². The van der Waals surface area contributed by atoms with Crippen molar-refractivity contribution >= 4 is 17.8 Å². The molecule has 27 heavy (non-hydrogen) atoms. The minimum absolute atomic E-state index is 0.0487. The highest BCUT2D eigenvalue weighted by atomic mass is 16.2. The van der Waals surface area contributed by atoms with Crippen LogP contribution in [0.2, 0.25) is 0 Å². The summed E-state index contributed by atoms with van der Waals surface area (Å²) in [5.41, 5.74) is 1.03. The predicted molar refractivity (Wildman–Crippen MR) is 106 cm³/mol. The number of anilines is 1. The van der Waals surface area contributed by atoms with E-state index in [1.54, 1.807) is 6.08 Å². The second-order valence-electron chi connectivity index (χ2n) is 6.40. The van der Waals surface area contributed by atoms with Gasteiger partial charge in [0.15, 0.2) is 11.6 Å². The van der Waals surface area contributed by atoms with Gasteiger partial charge in [-0.25, -0.2) is 0 Å². The minimum atomic E-state index is 0.0487. The van der Waals surface area contributed by atoms with Crippen LogP contribution in [0, 0.1) is 0 Å². The third kappa shape index (κ3) is 4.06. The van der Waals surface area contributed by atoms with E-state index in [4.69, 9.17) is 0 Å². The highest BCUT2D eigenvalue weighted by molar-refractivity contribution is 5.91. The fraction of sp³-hybridized carbons (Fsp3) is 0.190. The molecule has 0 saturated carbocycles. The molecule has 4 rings (SSSR count). The van der Waals surface area contributed by atoms with Gasteiger partial charge in [-0.3, -0.25) is 4.79 Å². The molecule has 0 bridgehead atoms. The van der Waals surface area contributed by atoms with E-state index >= 15 is 0 Å². The van der Waals surface area contributed by atoms with Gasteiger partial charge in [-0.15, -0.1) is 10.2 Å². The van der Waals surface area contributed by atoms with Gasteiger partial charge in [-0.05, 0) is 35.9 Å². The fourth-order valence-corrected chi connectivity index (χ4v) is 3.10. The summed E-state index contributed by atoms with van der Waals surface area (Å²) in [7, 11) is 0. The SMILES string of the molecule is O=C(/C=C/c1ccccc1)N1CCN(c2ccc(-n3cccc3)nn2)CC1. The molecule has 2 aromatic heterocycles. The van der Waals surface area contributed by atoms with Gasteiger partial charge in [0.05, 0.1) is 0 Å². The average molecular weight is 359 g/mol. The lowest BCUT2D eigenvalue weighted by molar-refractivity contribution is -0.126. The lowest BCUT2D eigenvalue weighted by Crippen LogP contribution is -2.48. The quantitative estimate of drug-likeness (QED) is 0.672. The second-order valence-corrected chi connectivity index (χ2v) is 6.40. The molecule has 0 spiro atoms. The molecule has 0 unspecified atom stereocenters. The zero-order valence-electron chi connectivity index (χ0n) is 15.0. The van der Waals surface area contributed by atoms with E-state index in [-0.39, 0.29) is 5.91 Å². The van der Waals surface area contributed by atoms with Gasteiger partial charge in [-0.2, -0.15) is 0 Å². The largest absolute Gasteiger partial charge is 0.352 e. The summed E-state index contributed by atoms with van der Waals surface area (Å²) >= 11 is 0. The van der Waals surface area contributed by atoms with Crippen molar-refractivity contribution < 1.29 is 4.79 Å². The molecule has 0 atom stereocenters. The number of carbonyl (C=O) groups excluding carboxylic acids is 1. The van der Waals surface area contributed by atoms with Crippen LogP contribution < -0.4 is 4.90 Å². The molecule has 1 aliphatic rings. The maximum absolute atomic E-state index is 12.4. The number of benzene rings is 1. The summed E-state index contributed by atoms with van der Waals surface area (Å²) in [6, 6.07) is 17.7. The lowest BCUT2D eigenvalue weighted by Gasteiger charge is -2.34. The molecule has 1 saturated heterocycles. The number of amides is 1. The molecule has 6 heteroatoms. The van der Waals surface area contributed by atoms with Gasteiger partial charge >= 0.3 is 0 Å². The van der Waals surface area contributed by atoms with Gasteiger partial charge < -0.3 is 14.4 Å². The van der Waals surface area contributed by atoms with E-state index in [0.29, 0.717) is 13.1 Å². The van der Waals surface area contributed by atoms with Crippen LogP contribution in [0.1, 0.15) is 5.56 Å². The van der Waals surface area contributed by atoms with Crippen molar-refractivity contribution in [3.8, 4) is 5.82 Å². The zero-order valence-corrected chi connectivity index (χ0v) is 15.0. The van der Waals surface area contributed by atoms with Crippen LogP contribution in [0.4, 0.5) is 5.82 Å². The fourth-order valence-electron chi connectivity index (χ4n) is 3.10. The summed E-state index contributed by atoms with van der Waals surface area (Å²) in [6.45, 7) is 2.86. The Labute approximate surface area is 158 Å². The average Bonchev–Trinajstić information content (AvgIpc) is 3.28. The van der Waals surface area contributed by atoms with Crippen molar-refractivity contribution in [2.45, 2.75) is 0 Å². The Kier molecular flexibility index (Phi) is 4.96. The first kappa shape index (κ1) is 17.0. The van der Waals surface area contributed by atoms with Crippen molar-refractivity contribution in [1.29, 1.82) is 0 Å². The van der Waals surface area contributed by atoms with E-state index < -0.39 is 0 Å². The number of hydrogen-bond acceptors (Lipinski definition) is 4. The number of nitrogens with zero attached hydrogens (tertiary/aromatic N) is 5. The van der Waals surface area contributed by atoms with E-state index in [2.05, 4.69) is 15.1 Å². The molecule has 3 heterocycles. The first-order valence-corrected chi connectivity index (χ1v) is 9.04. The number of aromatic nitrogens is 3. The van der Waals surface area contributed by atoms with Crippen LogP contribution in [0.3, 0.4) is 0 Å². The molecule has 1 amide bonds. The molecule has 1 aromatic carbocycles. The van der Waals surface area contributed by atoms with Crippen LogP contribution in [-0.4, -0.2) is 51.8 Å². The monoisotopic (exact) mass is 359 g/mol. The van der Waals surface area contributed by atoms with Crippen molar-refractivity contribution in [3.63, 3.8) is 0 Å². The van der Waals surface area contributed by atoms with Gasteiger partial charge in [0.1, 0.15) is 0 Å². The Morgan fingerprint density at radius 3 is 2.15 bits per heavy atom. The summed E-state index contributed by atoms with van der Waals surface area (Å²) in [5, 5.41) is 8.63. The van der Waals surface area contributed by atoms with Crippen LogP contribution in [0.25, 0.3) is 11.9 Å². The molecule has 0 aliphatic carbocycles. The Hall–Kier alpha value is -3.41. The lowest BCUT2D eigenvalue weighted by atomic mass is 10.2. The van der Waals surface area contributed by atoms with Gasteiger partial charge in [0.2, 0.25) is 5.91 Å². The standard InChI is InChI=1S/C21H21N5O/c27-21(11-8-18-6-2-1-3-7-18)26-16-14-25(15-17-26)20-10-9-19(22-23-20)24-12-4-5-13-24/h1-13H,14-17H2/b11-8+. The van der Waals surface area contributed by atoms with Crippen molar-refractivity contribution in [2.24, 2.45) is 0 Å². The molecule has 6 nitrogen and oxygen atoms in total. The maximum Gasteiger partial charge on any atom is 0.246 e. The molecule has 3 aromatic rings. The number of carbonyl (C=O) groups is 1. The number of rotatable bonds is 4. The number of piperazine rings is 1. The highest BCUT2D eigenvalue weighted by Gasteiger charge is 2.20. The Bertz CT molecular complexity index is 896. The topological polar surface area (TPSA) is 54.3 Å². The summed E-state index contributed by atoms with van der Waals surface area (Å²) in [6.07, 6.45) is 7.39. The first-order valence-electron chi connectivity index (χ1n) is 9.04. The first-order chi connectivity index (χ1) is 13.3. The van der Waals surface area contributed by atoms with E-state index in [1.807, 2.05) is 82.5 Å². The predicted octanol–water partition coefficient (Wildman–Crippen LogP) is 2.63. The molecule has 0 radical (unpaired) electrons. The van der Waals surface area contributed by atoms with Crippen LogP contribution >= 0.6 is 0 Å².